The van der Waals surface area contributed by atoms with Crippen LogP contribution in [-0.4, -0.2) is 35.7 Å². The van der Waals surface area contributed by atoms with Gasteiger partial charge < -0.3 is 15.7 Å². The average Bonchev–Trinajstić information content (AvgIpc) is 3.01. The Balaban J connectivity index is 0.00000312. The molecule has 1 heterocycles. The molecule has 0 bridgehead atoms. The predicted octanol–water partition coefficient (Wildman–Crippen LogP) is 3.29. The van der Waals surface area contributed by atoms with E-state index < -0.39 is 6.10 Å². The van der Waals surface area contributed by atoms with Gasteiger partial charge in [-0.25, -0.2) is 4.98 Å². The standard InChI is InChI=1S/C18H26N4OS.HI/c1-3-19-18(21-12-10-17-22-13-14(2)24-17)20-11-9-16(23)15-7-5-4-6-8-15;/h4-8,13,16,23H,3,9-12H2,1-2H3,(H2,19,20,21);1H. The van der Waals surface area contributed by atoms with E-state index in [2.05, 4.69) is 27.5 Å². The van der Waals surface area contributed by atoms with E-state index >= 15 is 0 Å². The molecule has 0 saturated carbocycles. The van der Waals surface area contributed by atoms with E-state index in [0.717, 1.165) is 36.0 Å². The van der Waals surface area contributed by atoms with Crippen LogP contribution in [-0.2, 0) is 6.42 Å². The maximum atomic E-state index is 10.2. The van der Waals surface area contributed by atoms with Crippen molar-refractivity contribution in [3.8, 4) is 0 Å². The third-order valence-electron chi connectivity index (χ3n) is 3.50. The van der Waals surface area contributed by atoms with Gasteiger partial charge in [0.1, 0.15) is 0 Å². The monoisotopic (exact) mass is 474 g/mol. The normalized spacial score (nSPS) is 12.4. The van der Waals surface area contributed by atoms with Gasteiger partial charge >= 0.3 is 0 Å². The second kappa shape index (κ2) is 12.2. The lowest BCUT2D eigenvalue weighted by Crippen LogP contribution is -2.38. The Morgan fingerprint density at radius 2 is 2.04 bits per heavy atom. The van der Waals surface area contributed by atoms with Crippen LogP contribution in [0.3, 0.4) is 0 Å². The van der Waals surface area contributed by atoms with Crippen LogP contribution in [0.5, 0.6) is 0 Å². The summed E-state index contributed by atoms with van der Waals surface area (Å²) < 4.78 is 0. The van der Waals surface area contributed by atoms with Gasteiger partial charge in [-0.2, -0.15) is 0 Å². The van der Waals surface area contributed by atoms with E-state index in [1.165, 1.54) is 4.88 Å². The molecule has 25 heavy (non-hydrogen) atoms. The SMILES string of the molecule is CCNC(=NCCC(O)c1ccccc1)NCCc1ncc(C)s1.I. The van der Waals surface area contributed by atoms with E-state index in [0.29, 0.717) is 13.0 Å². The van der Waals surface area contributed by atoms with E-state index in [1.807, 2.05) is 43.5 Å². The van der Waals surface area contributed by atoms with Crippen LogP contribution in [0.15, 0.2) is 41.5 Å². The first-order valence-corrected chi connectivity index (χ1v) is 9.17. The summed E-state index contributed by atoms with van der Waals surface area (Å²) in [5.41, 5.74) is 0.935. The summed E-state index contributed by atoms with van der Waals surface area (Å²) in [5, 5.41) is 17.9. The zero-order valence-corrected chi connectivity index (χ0v) is 17.9. The molecule has 1 unspecified atom stereocenters. The summed E-state index contributed by atoms with van der Waals surface area (Å²) in [6.45, 7) is 6.28. The minimum atomic E-state index is -0.476. The van der Waals surface area contributed by atoms with Crippen molar-refractivity contribution in [1.82, 2.24) is 15.6 Å². The summed E-state index contributed by atoms with van der Waals surface area (Å²) in [7, 11) is 0. The number of guanidine groups is 1. The fourth-order valence-corrected chi connectivity index (χ4v) is 3.07. The van der Waals surface area contributed by atoms with Crippen LogP contribution < -0.4 is 10.6 Å². The number of thiazole rings is 1. The van der Waals surface area contributed by atoms with Crippen molar-refractivity contribution in [2.24, 2.45) is 4.99 Å². The van der Waals surface area contributed by atoms with Gasteiger partial charge in [0, 0.05) is 37.1 Å². The molecule has 1 aromatic carbocycles. The van der Waals surface area contributed by atoms with Gasteiger partial charge in [-0.3, -0.25) is 4.99 Å². The Morgan fingerprint density at radius 1 is 1.28 bits per heavy atom. The first kappa shape index (κ1) is 21.9. The number of aliphatic imine (C=N–C) groups is 1. The number of nitrogens with zero attached hydrogens (tertiary/aromatic N) is 2. The summed E-state index contributed by atoms with van der Waals surface area (Å²) in [6, 6.07) is 9.70. The van der Waals surface area contributed by atoms with Crippen molar-refractivity contribution in [2.75, 3.05) is 19.6 Å². The second-order valence-corrected chi connectivity index (χ2v) is 6.84. The molecule has 0 aliphatic rings. The van der Waals surface area contributed by atoms with Crippen LogP contribution in [0.4, 0.5) is 0 Å². The highest BCUT2D eigenvalue weighted by Gasteiger charge is 2.06. The molecule has 138 valence electrons. The van der Waals surface area contributed by atoms with Crippen molar-refractivity contribution in [3.05, 3.63) is 52.0 Å². The van der Waals surface area contributed by atoms with Crippen molar-refractivity contribution in [3.63, 3.8) is 0 Å². The molecule has 1 atom stereocenters. The summed E-state index contributed by atoms with van der Waals surface area (Å²) in [5.74, 6) is 0.783. The number of aliphatic hydroxyl groups is 1. The Kier molecular flexibility index (Phi) is 10.7. The number of rotatable bonds is 8. The number of aryl methyl sites for hydroxylation is 1. The van der Waals surface area contributed by atoms with Crippen molar-refractivity contribution in [1.29, 1.82) is 0 Å². The number of hydrogen-bond donors (Lipinski definition) is 3. The molecule has 0 spiro atoms. The quantitative estimate of drug-likeness (QED) is 0.312. The lowest BCUT2D eigenvalue weighted by Gasteiger charge is -2.12. The predicted molar refractivity (Wildman–Crippen MR) is 116 cm³/mol. The fraction of sp³-hybridized carbons (Fsp3) is 0.444. The van der Waals surface area contributed by atoms with Gasteiger partial charge in [0.2, 0.25) is 0 Å². The molecule has 2 rings (SSSR count). The maximum absolute atomic E-state index is 10.2. The van der Waals surface area contributed by atoms with E-state index in [-0.39, 0.29) is 24.0 Å². The Bertz CT molecular complexity index is 633. The molecule has 2 aromatic rings. The highest BCUT2D eigenvalue weighted by atomic mass is 127. The number of halogens is 1. The fourth-order valence-electron chi connectivity index (χ4n) is 2.29. The number of nitrogens with one attached hydrogen (secondary N) is 2. The zero-order chi connectivity index (χ0) is 17.2. The van der Waals surface area contributed by atoms with Gasteiger partial charge in [-0.05, 0) is 25.8 Å². The van der Waals surface area contributed by atoms with Gasteiger partial charge in [-0.15, -0.1) is 35.3 Å². The van der Waals surface area contributed by atoms with Crippen molar-refractivity contribution < 1.29 is 5.11 Å². The molecule has 1 aromatic heterocycles. The molecule has 0 fully saturated rings. The van der Waals surface area contributed by atoms with E-state index in [9.17, 15) is 5.11 Å². The van der Waals surface area contributed by atoms with E-state index in [1.54, 1.807) is 11.3 Å². The highest BCUT2D eigenvalue weighted by molar-refractivity contribution is 14.0. The minimum absolute atomic E-state index is 0. The topological polar surface area (TPSA) is 69.5 Å². The van der Waals surface area contributed by atoms with Crippen LogP contribution in [0, 0.1) is 6.92 Å². The molecule has 0 aliphatic heterocycles. The first-order valence-electron chi connectivity index (χ1n) is 8.35. The summed E-state index contributed by atoms with van der Waals surface area (Å²) >= 11 is 1.73. The molecule has 0 radical (unpaired) electrons. The first-order chi connectivity index (χ1) is 11.7. The van der Waals surface area contributed by atoms with Crippen LogP contribution >= 0.6 is 35.3 Å². The molecule has 7 heteroatoms. The van der Waals surface area contributed by atoms with Crippen molar-refractivity contribution in [2.45, 2.75) is 32.8 Å². The Hall–Kier alpha value is -1.19. The van der Waals surface area contributed by atoms with Gasteiger partial charge in [-0.1, -0.05) is 30.3 Å². The number of hydrogen-bond acceptors (Lipinski definition) is 4. The number of aromatic nitrogens is 1. The van der Waals surface area contributed by atoms with Crippen LogP contribution in [0.25, 0.3) is 0 Å². The minimum Gasteiger partial charge on any atom is -0.388 e. The molecular formula is C18H27IN4OS. The molecular weight excluding hydrogens is 447 g/mol. The average molecular weight is 474 g/mol. The smallest absolute Gasteiger partial charge is 0.191 e. The third kappa shape index (κ3) is 8.15. The van der Waals surface area contributed by atoms with E-state index in [4.69, 9.17) is 0 Å². The number of aliphatic hydroxyl groups excluding tert-OH is 1. The summed E-state index contributed by atoms with van der Waals surface area (Å²) in [4.78, 5) is 10.1. The van der Waals surface area contributed by atoms with Crippen LogP contribution in [0.1, 0.15) is 34.9 Å². The molecule has 0 saturated heterocycles. The third-order valence-corrected chi connectivity index (χ3v) is 4.47. The van der Waals surface area contributed by atoms with Gasteiger partial charge in [0.25, 0.3) is 0 Å². The molecule has 5 nitrogen and oxygen atoms in total. The lowest BCUT2D eigenvalue weighted by molar-refractivity contribution is 0.170. The van der Waals surface area contributed by atoms with Crippen molar-refractivity contribution >= 4 is 41.3 Å². The Labute approximate surface area is 171 Å². The molecule has 0 aliphatic carbocycles. The lowest BCUT2D eigenvalue weighted by atomic mass is 10.1. The maximum Gasteiger partial charge on any atom is 0.191 e. The van der Waals surface area contributed by atoms with Gasteiger partial charge in [0.15, 0.2) is 5.96 Å². The Morgan fingerprint density at radius 3 is 2.68 bits per heavy atom. The molecule has 3 N–H and O–H groups in total. The highest BCUT2D eigenvalue weighted by Crippen LogP contribution is 2.15. The second-order valence-electron chi connectivity index (χ2n) is 5.52. The zero-order valence-electron chi connectivity index (χ0n) is 14.7. The van der Waals surface area contributed by atoms with Crippen LogP contribution in [0.2, 0.25) is 0 Å². The number of benzene rings is 1. The summed E-state index contributed by atoms with van der Waals surface area (Å²) in [6.07, 6.45) is 2.92. The van der Waals surface area contributed by atoms with Gasteiger partial charge in [0.05, 0.1) is 11.1 Å². The molecule has 0 amide bonds. The largest absolute Gasteiger partial charge is 0.388 e.